The van der Waals surface area contributed by atoms with Crippen molar-refractivity contribution in [3.05, 3.63) is 57.6 Å². The summed E-state index contributed by atoms with van der Waals surface area (Å²) >= 11 is 13.5. The fraction of sp³-hybridized carbons (Fsp3) is 0.222. The molecule has 1 aliphatic heterocycles. The molecule has 0 unspecified atom stereocenters. The van der Waals surface area contributed by atoms with Gasteiger partial charge in [-0.05, 0) is 49.7 Å². The number of fused-ring (bicyclic) bond motifs is 1. The summed E-state index contributed by atoms with van der Waals surface area (Å²) in [4.78, 5) is 25.1. The molecule has 0 aliphatic carbocycles. The van der Waals surface area contributed by atoms with Gasteiger partial charge in [0.15, 0.2) is 0 Å². The van der Waals surface area contributed by atoms with E-state index in [1.165, 1.54) is 11.8 Å². The van der Waals surface area contributed by atoms with Crippen molar-refractivity contribution in [1.82, 2.24) is 5.32 Å². The molecule has 0 spiro atoms. The number of amides is 2. The molecule has 0 saturated carbocycles. The molecule has 0 saturated heterocycles. The molecule has 2 amide bonds. The predicted molar refractivity (Wildman–Crippen MR) is 103 cm³/mol. The fourth-order valence-electron chi connectivity index (χ4n) is 2.54. The summed E-state index contributed by atoms with van der Waals surface area (Å²) in [7, 11) is 0. The Balaban J connectivity index is 1.82. The maximum atomic E-state index is 12.7. The van der Waals surface area contributed by atoms with Crippen molar-refractivity contribution < 1.29 is 9.59 Å². The van der Waals surface area contributed by atoms with E-state index in [0.717, 1.165) is 10.5 Å². The van der Waals surface area contributed by atoms with E-state index in [1.54, 1.807) is 24.3 Å². The molecular weight excluding hydrogens is 379 g/mol. The van der Waals surface area contributed by atoms with Crippen LogP contribution in [0.2, 0.25) is 10.0 Å². The van der Waals surface area contributed by atoms with Gasteiger partial charge in [-0.3, -0.25) is 9.59 Å². The number of thioether (sulfide) groups is 1. The van der Waals surface area contributed by atoms with Crippen molar-refractivity contribution >= 4 is 52.5 Å². The average Bonchev–Trinajstić information content (AvgIpc) is 2.56. The first kappa shape index (κ1) is 18.1. The van der Waals surface area contributed by atoms with Gasteiger partial charge < -0.3 is 10.6 Å². The number of benzene rings is 2. The number of anilines is 1. The first-order valence-electron chi connectivity index (χ1n) is 7.61. The lowest BCUT2D eigenvalue weighted by Crippen LogP contribution is -2.41. The lowest BCUT2D eigenvalue weighted by molar-refractivity contribution is -0.113. The molecule has 2 aromatic carbocycles. The van der Waals surface area contributed by atoms with Gasteiger partial charge >= 0.3 is 0 Å². The zero-order chi connectivity index (χ0) is 18.2. The van der Waals surface area contributed by atoms with Crippen LogP contribution in [0, 0.1) is 0 Å². The predicted octanol–water partition coefficient (Wildman–Crippen LogP) is 4.70. The molecule has 0 aromatic heterocycles. The van der Waals surface area contributed by atoms with E-state index in [1.807, 2.05) is 26.0 Å². The first-order chi connectivity index (χ1) is 11.8. The van der Waals surface area contributed by atoms with Gasteiger partial charge in [0.25, 0.3) is 5.91 Å². The Morgan fingerprint density at radius 2 is 1.92 bits per heavy atom. The maximum Gasteiger partial charge on any atom is 0.252 e. The van der Waals surface area contributed by atoms with E-state index in [-0.39, 0.29) is 11.8 Å². The largest absolute Gasteiger partial charge is 0.343 e. The van der Waals surface area contributed by atoms with Gasteiger partial charge in [-0.2, -0.15) is 0 Å². The molecule has 3 rings (SSSR count). The Hall–Kier alpha value is -1.69. The van der Waals surface area contributed by atoms with Crippen molar-refractivity contribution in [2.75, 3.05) is 11.1 Å². The molecule has 0 fully saturated rings. The minimum absolute atomic E-state index is 0.0637. The van der Waals surface area contributed by atoms with Gasteiger partial charge in [0.1, 0.15) is 0 Å². The number of carbonyl (C=O) groups is 2. The van der Waals surface area contributed by atoms with Crippen LogP contribution in [0.3, 0.4) is 0 Å². The molecule has 1 heterocycles. The summed E-state index contributed by atoms with van der Waals surface area (Å²) in [5.74, 6) is 0.0954. The summed E-state index contributed by atoms with van der Waals surface area (Å²) in [5.41, 5.74) is 1.35. The number of hydrogen-bond acceptors (Lipinski definition) is 3. The molecule has 1 aliphatic rings. The highest BCUT2D eigenvalue weighted by Gasteiger charge is 2.25. The molecule has 130 valence electrons. The second-order valence-corrected chi connectivity index (χ2v) is 8.09. The highest BCUT2D eigenvalue weighted by molar-refractivity contribution is 8.00. The SMILES string of the molecule is CC(C)(NC(=O)c1ccc2c(c1)NC(=O)CS2)c1ccc(Cl)c(Cl)c1. The lowest BCUT2D eigenvalue weighted by Gasteiger charge is -2.27. The third-order valence-corrected chi connectivity index (χ3v) is 5.75. The van der Waals surface area contributed by atoms with E-state index in [2.05, 4.69) is 10.6 Å². The number of rotatable bonds is 3. The van der Waals surface area contributed by atoms with Crippen LogP contribution in [0.4, 0.5) is 5.69 Å². The Morgan fingerprint density at radius 3 is 2.64 bits per heavy atom. The third kappa shape index (κ3) is 3.94. The van der Waals surface area contributed by atoms with Crippen molar-refractivity contribution in [1.29, 1.82) is 0 Å². The van der Waals surface area contributed by atoms with Gasteiger partial charge in [-0.25, -0.2) is 0 Å². The summed E-state index contributed by atoms with van der Waals surface area (Å²) in [6, 6.07) is 10.6. The summed E-state index contributed by atoms with van der Waals surface area (Å²) < 4.78 is 0. The van der Waals surface area contributed by atoms with Gasteiger partial charge in [0.2, 0.25) is 5.91 Å². The van der Waals surface area contributed by atoms with Crippen molar-refractivity contribution in [2.24, 2.45) is 0 Å². The Bertz CT molecular complexity index is 868. The second-order valence-electron chi connectivity index (χ2n) is 6.26. The van der Waals surface area contributed by atoms with Gasteiger partial charge in [0, 0.05) is 10.5 Å². The number of nitrogens with one attached hydrogen (secondary N) is 2. The van der Waals surface area contributed by atoms with Crippen LogP contribution >= 0.6 is 35.0 Å². The fourth-order valence-corrected chi connectivity index (χ4v) is 3.62. The zero-order valence-corrected chi connectivity index (χ0v) is 16.0. The van der Waals surface area contributed by atoms with E-state index < -0.39 is 5.54 Å². The monoisotopic (exact) mass is 394 g/mol. The highest BCUT2D eigenvalue weighted by atomic mass is 35.5. The molecule has 0 atom stereocenters. The van der Waals surface area contributed by atoms with Crippen molar-refractivity contribution in [3.8, 4) is 0 Å². The summed E-state index contributed by atoms with van der Waals surface area (Å²) in [5, 5.41) is 6.69. The summed E-state index contributed by atoms with van der Waals surface area (Å²) in [6.07, 6.45) is 0. The molecule has 25 heavy (non-hydrogen) atoms. The van der Waals surface area contributed by atoms with Gasteiger partial charge in [-0.15, -0.1) is 11.8 Å². The van der Waals surface area contributed by atoms with Crippen LogP contribution in [-0.2, 0) is 10.3 Å². The van der Waals surface area contributed by atoms with E-state index in [4.69, 9.17) is 23.2 Å². The topological polar surface area (TPSA) is 58.2 Å². The first-order valence-corrected chi connectivity index (χ1v) is 9.35. The van der Waals surface area contributed by atoms with E-state index >= 15 is 0 Å². The molecular formula is C18H16Cl2N2O2S. The quantitative estimate of drug-likeness (QED) is 0.792. The molecule has 2 aromatic rings. The zero-order valence-electron chi connectivity index (χ0n) is 13.7. The van der Waals surface area contributed by atoms with Crippen LogP contribution in [0.25, 0.3) is 0 Å². The normalized spacial score (nSPS) is 13.8. The minimum atomic E-state index is -0.640. The van der Waals surface area contributed by atoms with Crippen LogP contribution in [0.1, 0.15) is 29.8 Å². The van der Waals surface area contributed by atoms with Crippen LogP contribution in [0.15, 0.2) is 41.3 Å². The van der Waals surface area contributed by atoms with Gasteiger partial charge in [0.05, 0.1) is 27.0 Å². The maximum absolute atomic E-state index is 12.7. The van der Waals surface area contributed by atoms with E-state index in [9.17, 15) is 9.59 Å². The Kier molecular flexibility index (Phi) is 5.00. The van der Waals surface area contributed by atoms with Crippen LogP contribution in [-0.4, -0.2) is 17.6 Å². The standard InChI is InChI=1S/C18H16Cl2N2O2S/c1-18(2,11-4-5-12(19)13(20)8-11)22-17(24)10-3-6-15-14(7-10)21-16(23)9-25-15/h3-8H,9H2,1-2H3,(H,21,23)(H,22,24). The smallest absolute Gasteiger partial charge is 0.252 e. The highest BCUT2D eigenvalue weighted by Crippen LogP contribution is 2.33. The lowest BCUT2D eigenvalue weighted by atomic mass is 9.94. The average molecular weight is 395 g/mol. The molecule has 0 radical (unpaired) electrons. The Labute approximate surface area is 160 Å². The van der Waals surface area contributed by atoms with Crippen molar-refractivity contribution in [3.63, 3.8) is 0 Å². The van der Waals surface area contributed by atoms with Crippen molar-refractivity contribution in [2.45, 2.75) is 24.3 Å². The minimum Gasteiger partial charge on any atom is -0.343 e. The molecule has 2 N–H and O–H groups in total. The molecule has 4 nitrogen and oxygen atoms in total. The van der Waals surface area contributed by atoms with Gasteiger partial charge in [-0.1, -0.05) is 29.3 Å². The summed E-state index contributed by atoms with van der Waals surface area (Å²) in [6.45, 7) is 3.78. The second kappa shape index (κ2) is 6.90. The Morgan fingerprint density at radius 1 is 1.16 bits per heavy atom. The molecule has 7 heteroatoms. The molecule has 0 bridgehead atoms. The van der Waals surface area contributed by atoms with E-state index in [0.29, 0.717) is 27.0 Å². The van der Waals surface area contributed by atoms with Crippen LogP contribution in [0.5, 0.6) is 0 Å². The number of halogens is 2. The number of carbonyl (C=O) groups excluding carboxylic acids is 2. The number of hydrogen-bond donors (Lipinski definition) is 2. The van der Waals surface area contributed by atoms with Crippen LogP contribution < -0.4 is 10.6 Å². The third-order valence-electron chi connectivity index (χ3n) is 3.94.